The van der Waals surface area contributed by atoms with E-state index in [0.717, 1.165) is 30.7 Å². The van der Waals surface area contributed by atoms with E-state index in [9.17, 15) is 9.90 Å². The number of nitrogens with zero attached hydrogens (tertiary/aromatic N) is 1. The maximum Gasteiger partial charge on any atom is 0.341 e. The molecule has 0 radical (unpaired) electrons. The van der Waals surface area contributed by atoms with Gasteiger partial charge in [-0.2, -0.15) is 0 Å². The summed E-state index contributed by atoms with van der Waals surface area (Å²) < 4.78 is 10.8. The minimum Gasteiger partial charge on any atom is -0.500 e. The first kappa shape index (κ1) is 25.4. The quantitative estimate of drug-likeness (QED) is 0.140. The third-order valence-corrected chi connectivity index (χ3v) is 6.80. The highest BCUT2D eigenvalue weighted by Crippen LogP contribution is 2.29. The van der Waals surface area contributed by atoms with Gasteiger partial charge in [0, 0.05) is 10.6 Å². The van der Waals surface area contributed by atoms with Crippen molar-refractivity contribution >= 4 is 23.3 Å². The average molecular weight is 478 g/mol. The van der Waals surface area contributed by atoms with Gasteiger partial charge in [0.05, 0.1) is 31.4 Å². The molecule has 0 aliphatic rings. The van der Waals surface area contributed by atoms with E-state index in [0.29, 0.717) is 18.1 Å². The van der Waals surface area contributed by atoms with Crippen molar-refractivity contribution in [1.29, 1.82) is 0 Å². The molecule has 0 fully saturated rings. The number of aryl methyl sites for hydroxylation is 3. The molecule has 0 bridgehead atoms. The molecule has 6 heteroatoms. The zero-order valence-electron chi connectivity index (χ0n) is 19.9. The fraction of sp³-hybridized carbons (Fsp3) is 0.286. The van der Waals surface area contributed by atoms with Gasteiger partial charge in [-0.25, -0.2) is 4.79 Å². The second kappa shape index (κ2) is 12.8. The Morgan fingerprint density at radius 3 is 2.38 bits per heavy atom. The number of hydrogen-bond donors (Lipinski definition) is 1. The topological polar surface area (TPSA) is 68.7 Å². The van der Waals surface area contributed by atoms with Crippen LogP contribution in [-0.4, -0.2) is 29.8 Å². The maximum atomic E-state index is 11.8. The first-order valence-electron chi connectivity index (χ1n) is 11.3. The number of unbranched alkanes of at least 4 members (excludes halogenated alkanes) is 1. The molecule has 0 aliphatic heterocycles. The number of methoxy groups -OCH3 is 1. The van der Waals surface area contributed by atoms with Gasteiger partial charge in [-0.05, 0) is 74.1 Å². The molecular weight excluding hydrogens is 446 g/mol. The molecule has 0 atom stereocenters. The van der Waals surface area contributed by atoms with Crippen LogP contribution in [0.15, 0.2) is 71.8 Å². The summed E-state index contributed by atoms with van der Waals surface area (Å²) in [5.41, 5.74) is 5.00. The zero-order chi connectivity index (χ0) is 24.3. The third-order valence-electron chi connectivity index (χ3n) is 5.42. The number of pyridine rings is 1. The van der Waals surface area contributed by atoms with Crippen LogP contribution in [-0.2, 0) is 21.7 Å². The first-order valence-corrected chi connectivity index (χ1v) is 12.3. The maximum absolute atomic E-state index is 11.8. The van der Waals surface area contributed by atoms with Crippen LogP contribution in [0, 0.1) is 13.8 Å². The molecule has 5 nitrogen and oxygen atoms in total. The first-order chi connectivity index (χ1) is 16.5. The molecule has 0 spiro atoms. The van der Waals surface area contributed by atoms with Gasteiger partial charge in [-0.3, -0.25) is 4.98 Å². The summed E-state index contributed by atoms with van der Waals surface area (Å²) in [6, 6.07) is 19.7. The van der Waals surface area contributed by atoms with E-state index in [1.54, 1.807) is 24.9 Å². The van der Waals surface area contributed by atoms with Crippen LogP contribution in [0.3, 0.4) is 0 Å². The molecule has 2 aromatic carbocycles. The molecule has 0 amide bonds. The number of carboxylic acid groups (broad SMARTS) is 1. The highest BCUT2D eigenvalue weighted by Gasteiger charge is 2.14. The summed E-state index contributed by atoms with van der Waals surface area (Å²) in [5.74, 6) is 0.462. The minimum absolute atomic E-state index is 0.0640. The van der Waals surface area contributed by atoms with E-state index in [1.165, 1.54) is 27.8 Å². The summed E-state index contributed by atoms with van der Waals surface area (Å²) in [6.45, 7) is 4.65. The third kappa shape index (κ3) is 7.39. The van der Waals surface area contributed by atoms with Gasteiger partial charge in [0.25, 0.3) is 0 Å². The van der Waals surface area contributed by atoms with Crippen LogP contribution in [0.4, 0.5) is 0 Å². The van der Waals surface area contributed by atoms with Crippen LogP contribution in [0.1, 0.15) is 40.9 Å². The van der Waals surface area contributed by atoms with E-state index in [4.69, 9.17) is 9.47 Å². The predicted octanol–water partition coefficient (Wildman–Crippen LogP) is 6.46. The molecule has 178 valence electrons. The number of carboxylic acids is 1. The molecule has 3 rings (SSSR count). The van der Waals surface area contributed by atoms with Crippen molar-refractivity contribution in [1.82, 2.24) is 4.98 Å². The fourth-order valence-electron chi connectivity index (χ4n) is 3.55. The largest absolute Gasteiger partial charge is 0.500 e. The Labute approximate surface area is 205 Å². The normalized spacial score (nSPS) is 11.3. The molecule has 0 saturated carbocycles. The summed E-state index contributed by atoms with van der Waals surface area (Å²) in [7, 11) is 1.66. The second-order valence-electron chi connectivity index (χ2n) is 8.04. The van der Waals surface area contributed by atoms with Gasteiger partial charge in [0.1, 0.15) is 11.3 Å². The number of rotatable bonds is 12. The molecule has 1 N–H and O–H groups in total. The standard InChI is InChI=1S/C28H31NO4S/c1-20-8-6-9-21(2)27(20)34-19-23-11-7-12-26(29-23)25(28(30)31)18-33-17-5-4-10-22-13-15-24(32-3)16-14-22/h6-9,11-16,18H,4-5,10,17,19H2,1-3H3,(H,30,31). The number of benzene rings is 2. The van der Waals surface area contributed by atoms with Crippen molar-refractivity contribution in [2.24, 2.45) is 0 Å². The number of hydrogen-bond acceptors (Lipinski definition) is 5. The Morgan fingerprint density at radius 2 is 1.71 bits per heavy atom. The second-order valence-corrected chi connectivity index (χ2v) is 9.02. The Kier molecular flexibility index (Phi) is 9.59. The van der Waals surface area contributed by atoms with Gasteiger partial charge < -0.3 is 14.6 Å². The lowest BCUT2D eigenvalue weighted by Gasteiger charge is -2.10. The van der Waals surface area contributed by atoms with Gasteiger partial charge in [-0.1, -0.05) is 36.4 Å². The minimum atomic E-state index is -1.05. The number of aromatic nitrogens is 1. The van der Waals surface area contributed by atoms with Crippen molar-refractivity contribution in [3.63, 3.8) is 0 Å². The van der Waals surface area contributed by atoms with Crippen molar-refractivity contribution in [3.05, 3.63) is 95.0 Å². The summed E-state index contributed by atoms with van der Waals surface area (Å²) >= 11 is 1.72. The van der Waals surface area contributed by atoms with Crippen LogP contribution < -0.4 is 4.74 Å². The number of aliphatic carboxylic acids is 1. The lowest BCUT2D eigenvalue weighted by atomic mass is 10.1. The molecule has 3 aromatic rings. The van der Waals surface area contributed by atoms with Gasteiger partial charge in [0.15, 0.2) is 0 Å². The Balaban J connectivity index is 1.54. The van der Waals surface area contributed by atoms with Crippen molar-refractivity contribution in [3.8, 4) is 5.75 Å². The van der Waals surface area contributed by atoms with Crippen LogP contribution in [0.25, 0.3) is 5.57 Å². The zero-order valence-corrected chi connectivity index (χ0v) is 20.7. The van der Waals surface area contributed by atoms with E-state index in [-0.39, 0.29) is 5.57 Å². The highest BCUT2D eigenvalue weighted by atomic mass is 32.2. The summed E-state index contributed by atoms with van der Waals surface area (Å²) in [6.07, 6.45) is 4.03. The number of thioether (sulfide) groups is 1. The van der Waals surface area contributed by atoms with Gasteiger partial charge >= 0.3 is 5.97 Å². The molecule has 0 saturated heterocycles. The smallest absolute Gasteiger partial charge is 0.341 e. The van der Waals surface area contributed by atoms with Gasteiger partial charge in [-0.15, -0.1) is 11.8 Å². The Bertz CT molecular complexity index is 1110. The SMILES string of the molecule is COc1ccc(CCCCOC=C(C(=O)O)c2cccc(CSc3c(C)cccc3C)n2)cc1. The summed E-state index contributed by atoms with van der Waals surface area (Å²) in [5, 5.41) is 9.69. The Hall–Kier alpha value is -3.25. The average Bonchev–Trinajstić information content (AvgIpc) is 2.83. The molecule has 34 heavy (non-hydrogen) atoms. The Morgan fingerprint density at radius 1 is 1.00 bits per heavy atom. The van der Waals surface area contributed by atoms with Crippen LogP contribution in [0.5, 0.6) is 5.75 Å². The van der Waals surface area contributed by atoms with Crippen molar-refractivity contribution in [2.45, 2.75) is 43.8 Å². The number of carbonyl (C=O) groups is 1. The van der Waals surface area contributed by atoms with E-state index in [1.807, 2.05) is 24.3 Å². The molecular formula is C28H31NO4S. The molecule has 0 unspecified atom stereocenters. The highest BCUT2D eigenvalue weighted by molar-refractivity contribution is 7.98. The van der Waals surface area contributed by atoms with E-state index < -0.39 is 5.97 Å². The lowest BCUT2D eigenvalue weighted by Crippen LogP contribution is -2.04. The lowest BCUT2D eigenvalue weighted by molar-refractivity contribution is -0.130. The predicted molar refractivity (Wildman–Crippen MR) is 137 cm³/mol. The van der Waals surface area contributed by atoms with Gasteiger partial charge in [0.2, 0.25) is 0 Å². The fourth-order valence-corrected chi connectivity index (χ4v) is 4.60. The van der Waals surface area contributed by atoms with E-state index >= 15 is 0 Å². The summed E-state index contributed by atoms with van der Waals surface area (Å²) in [4.78, 5) is 17.6. The van der Waals surface area contributed by atoms with Crippen molar-refractivity contribution in [2.75, 3.05) is 13.7 Å². The molecule has 1 heterocycles. The van der Waals surface area contributed by atoms with Crippen molar-refractivity contribution < 1.29 is 19.4 Å². The molecule has 1 aromatic heterocycles. The van der Waals surface area contributed by atoms with Crippen LogP contribution >= 0.6 is 11.8 Å². The number of ether oxygens (including phenoxy) is 2. The van der Waals surface area contributed by atoms with E-state index in [2.05, 4.69) is 49.2 Å². The van der Waals surface area contributed by atoms with Crippen LogP contribution in [0.2, 0.25) is 0 Å². The monoisotopic (exact) mass is 477 g/mol. The molecule has 0 aliphatic carbocycles.